The molecule has 0 saturated carbocycles. The molecule has 1 aromatic carbocycles. The van der Waals surface area contributed by atoms with Gasteiger partial charge in [0.2, 0.25) is 15.9 Å². The normalized spacial score (nSPS) is 11.4. The van der Waals surface area contributed by atoms with Gasteiger partial charge in [-0.25, -0.2) is 8.42 Å². The molecule has 1 heterocycles. The number of amides is 1. The number of sulfonamides is 1. The molecule has 2 rings (SSSR count). The molecule has 0 spiro atoms. The quantitative estimate of drug-likeness (QED) is 0.665. The Balaban J connectivity index is 1.79. The van der Waals surface area contributed by atoms with Crippen molar-refractivity contribution in [2.75, 3.05) is 26.5 Å². The van der Waals surface area contributed by atoms with E-state index in [0.717, 1.165) is 17.6 Å². The van der Waals surface area contributed by atoms with E-state index in [1.165, 1.54) is 4.31 Å². The average molecular weight is 391 g/mol. The minimum atomic E-state index is -3.43. The lowest BCUT2D eigenvalue weighted by molar-refractivity contribution is -0.121. The highest BCUT2D eigenvalue weighted by atomic mass is 32.2. The number of nitrogens with zero attached hydrogens (tertiary/aromatic N) is 2. The van der Waals surface area contributed by atoms with Gasteiger partial charge >= 0.3 is 0 Å². The Morgan fingerprint density at radius 3 is 2.52 bits per heavy atom. The second-order valence-corrected chi connectivity index (χ2v) is 8.10. The SMILES string of the molecule is COc1ccc(CCNC(=O)CCN(Cc2ccccn2)S(C)(=O)=O)cc1. The molecule has 0 radical (unpaired) electrons. The third-order valence-corrected chi connectivity index (χ3v) is 5.27. The Morgan fingerprint density at radius 1 is 1.19 bits per heavy atom. The Kier molecular flexibility index (Phi) is 7.75. The molecule has 0 bridgehead atoms. The van der Waals surface area contributed by atoms with Crippen molar-refractivity contribution in [3.8, 4) is 5.75 Å². The second kappa shape index (κ2) is 10.0. The zero-order valence-electron chi connectivity index (χ0n) is 15.6. The molecule has 2 aromatic rings. The molecule has 1 N–H and O–H groups in total. The highest BCUT2D eigenvalue weighted by molar-refractivity contribution is 7.88. The molecular weight excluding hydrogens is 366 g/mol. The Hall–Kier alpha value is -2.45. The van der Waals surface area contributed by atoms with Crippen molar-refractivity contribution in [3.63, 3.8) is 0 Å². The van der Waals surface area contributed by atoms with Gasteiger partial charge in [-0.2, -0.15) is 4.31 Å². The molecule has 1 amide bonds. The Labute approximate surface area is 160 Å². The largest absolute Gasteiger partial charge is 0.497 e. The summed E-state index contributed by atoms with van der Waals surface area (Å²) >= 11 is 0. The number of carbonyl (C=O) groups is 1. The molecule has 0 aliphatic rings. The number of pyridine rings is 1. The zero-order valence-corrected chi connectivity index (χ0v) is 16.4. The summed E-state index contributed by atoms with van der Waals surface area (Å²) in [6.45, 7) is 0.757. The van der Waals surface area contributed by atoms with Gasteiger partial charge in [-0.05, 0) is 36.2 Å². The van der Waals surface area contributed by atoms with Crippen LogP contribution < -0.4 is 10.1 Å². The van der Waals surface area contributed by atoms with Crippen LogP contribution in [0.15, 0.2) is 48.7 Å². The fraction of sp³-hybridized carbons (Fsp3) is 0.368. The first-order chi connectivity index (χ1) is 12.9. The van der Waals surface area contributed by atoms with E-state index >= 15 is 0 Å². The van der Waals surface area contributed by atoms with Gasteiger partial charge in [0.1, 0.15) is 5.75 Å². The van der Waals surface area contributed by atoms with Crippen LogP contribution in [0.3, 0.4) is 0 Å². The van der Waals surface area contributed by atoms with Crippen molar-refractivity contribution in [2.45, 2.75) is 19.4 Å². The molecule has 0 aliphatic heterocycles. The third kappa shape index (κ3) is 7.36. The van der Waals surface area contributed by atoms with E-state index in [1.807, 2.05) is 24.3 Å². The van der Waals surface area contributed by atoms with E-state index < -0.39 is 10.0 Å². The van der Waals surface area contributed by atoms with Gasteiger partial charge in [0, 0.05) is 25.7 Å². The van der Waals surface area contributed by atoms with Crippen molar-refractivity contribution < 1.29 is 17.9 Å². The van der Waals surface area contributed by atoms with Gasteiger partial charge in [0.15, 0.2) is 0 Å². The molecule has 27 heavy (non-hydrogen) atoms. The lowest BCUT2D eigenvalue weighted by Crippen LogP contribution is -2.35. The first-order valence-electron chi connectivity index (χ1n) is 8.63. The van der Waals surface area contributed by atoms with Crippen LogP contribution in [0.1, 0.15) is 17.7 Å². The molecular formula is C19H25N3O4S. The van der Waals surface area contributed by atoms with E-state index in [4.69, 9.17) is 4.74 Å². The smallest absolute Gasteiger partial charge is 0.221 e. The molecule has 0 saturated heterocycles. The van der Waals surface area contributed by atoms with Crippen molar-refractivity contribution in [1.29, 1.82) is 0 Å². The Morgan fingerprint density at radius 2 is 1.93 bits per heavy atom. The van der Waals surface area contributed by atoms with Crippen LogP contribution in [-0.4, -0.2) is 50.1 Å². The summed E-state index contributed by atoms with van der Waals surface area (Å²) in [6.07, 6.45) is 3.54. The van der Waals surface area contributed by atoms with Crippen molar-refractivity contribution in [2.24, 2.45) is 0 Å². The predicted molar refractivity (Wildman–Crippen MR) is 104 cm³/mol. The van der Waals surface area contributed by atoms with Gasteiger partial charge in [0.25, 0.3) is 0 Å². The third-order valence-electron chi connectivity index (χ3n) is 4.02. The standard InChI is InChI=1S/C19H25N3O4S/c1-26-18-8-6-16(7-9-18)10-13-21-19(23)11-14-22(27(2,24)25)15-17-5-3-4-12-20-17/h3-9,12H,10-11,13-15H2,1-2H3,(H,21,23). The zero-order chi connectivity index (χ0) is 19.7. The van der Waals surface area contributed by atoms with Crippen LogP contribution in [0.2, 0.25) is 0 Å². The van der Waals surface area contributed by atoms with E-state index in [-0.39, 0.29) is 25.4 Å². The topological polar surface area (TPSA) is 88.6 Å². The first-order valence-corrected chi connectivity index (χ1v) is 10.5. The van der Waals surface area contributed by atoms with Gasteiger partial charge in [-0.15, -0.1) is 0 Å². The number of methoxy groups -OCH3 is 1. The number of carbonyl (C=O) groups excluding carboxylic acids is 1. The van der Waals surface area contributed by atoms with Crippen molar-refractivity contribution in [3.05, 3.63) is 59.9 Å². The second-order valence-electron chi connectivity index (χ2n) is 6.12. The number of aromatic nitrogens is 1. The number of benzene rings is 1. The molecule has 0 aliphatic carbocycles. The summed E-state index contributed by atoms with van der Waals surface area (Å²) in [5.74, 6) is 0.606. The highest BCUT2D eigenvalue weighted by Gasteiger charge is 2.18. The highest BCUT2D eigenvalue weighted by Crippen LogP contribution is 2.11. The molecule has 1 aromatic heterocycles. The van der Waals surface area contributed by atoms with Crippen LogP contribution in [0, 0.1) is 0 Å². The summed E-state index contributed by atoms with van der Waals surface area (Å²) in [5.41, 5.74) is 1.73. The minimum Gasteiger partial charge on any atom is -0.497 e. The lowest BCUT2D eigenvalue weighted by atomic mass is 10.1. The summed E-state index contributed by atoms with van der Waals surface area (Å²) in [7, 11) is -1.81. The van der Waals surface area contributed by atoms with E-state index in [0.29, 0.717) is 18.7 Å². The molecule has 146 valence electrons. The van der Waals surface area contributed by atoms with Crippen LogP contribution in [0.4, 0.5) is 0 Å². The van der Waals surface area contributed by atoms with Crippen LogP contribution >= 0.6 is 0 Å². The number of hydrogen-bond donors (Lipinski definition) is 1. The Bertz CT molecular complexity index is 824. The number of rotatable bonds is 10. The fourth-order valence-electron chi connectivity index (χ4n) is 2.49. The van der Waals surface area contributed by atoms with Crippen molar-refractivity contribution >= 4 is 15.9 Å². The maximum atomic E-state index is 12.0. The van der Waals surface area contributed by atoms with Gasteiger partial charge in [-0.3, -0.25) is 9.78 Å². The monoisotopic (exact) mass is 391 g/mol. The van der Waals surface area contributed by atoms with Crippen molar-refractivity contribution in [1.82, 2.24) is 14.6 Å². The molecule has 0 fully saturated rings. The minimum absolute atomic E-state index is 0.0997. The molecule has 0 unspecified atom stereocenters. The number of hydrogen-bond acceptors (Lipinski definition) is 5. The van der Waals surface area contributed by atoms with Gasteiger partial charge in [0.05, 0.1) is 25.6 Å². The van der Waals surface area contributed by atoms with Crippen LogP contribution in [0.25, 0.3) is 0 Å². The fourth-order valence-corrected chi connectivity index (χ4v) is 3.28. The van der Waals surface area contributed by atoms with Gasteiger partial charge < -0.3 is 10.1 Å². The van der Waals surface area contributed by atoms with Crippen LogP contribution in [-0.2, 0) is 27.8 Å². The van der Waals surface area contributed by atoms with E-state index in [2.05, 4.69) is 10.3 Å². The number of ether oxygens (including phenoxy) is 1. The first kappa shape index (κ1) is 20.9. The van der Waals surface area contributed by atoms with Gasteiger partial charge in [-0.1, -0.05) is 18.2 Å². The molecule has 0 atom stereocenters. The average Bonchev–Trinajstić information content (AvgIpc) is 2.65. The lowest BCUT2D eigenvalue weighted by Gasteiger charge is -2.19. The predicted octanol–water partition coefficient (Wildman–Crippen LogP) is 1.60. The summed E-state index contributed by atoms with van der Waals surface area (Å²) in [6, 6.07) is 13.0. The van der Waals surface area contributed by atoms with E-state index in [9.17, 15) is 13.2 Å². The van der Waals surface area contributed by atoms with Crippen LogP contribution in [0.5, 0.6) is 5.75 Å². The van der Waals surface area contributed by atoms with E-state index in [1.54, 1.807) is 31.5 Å². The molecule has 8 heteroatoms. The molecule has 7 nitrogen and oxygen atoms in total. The summed E-state index contributed by atoms with van der Waals surface area (Å²) in [5, 5.41) is 2.82. The summed E-state index contributed by atoms with van der Waals surface area (Å²) < 4.78 is 30.3. The number of nitrogens with one attached hydrogen (secondary N) is 1. The summed E-state index contributed by atoms with van der Waals surface area (Å²) in [4.78, 5) is 16.2. The maximum absolute atomic E-state index is 12.0. The maximum Gasteiger partial charge on any atom is 0.221 e.